The van der Waals surface area contributed by atoms with Crippen LogP contribution in [0.3, 0.4) is 0 Å². The highest BCUT2D eigenvalue weighted by molar-refractivity contribution is 5.89. The summed E-state index contributed by atoms with van der Waals surface area (Å²) in [6.45, 7) is -0.00890. The number of hydrogen-bond acceptors (Lipinski definition) is 5. The van der Waals surface area contributed by atoms with Gasteiger partial charge in [0, 0.05) is 12.6 Å². The first-order chi connectivity index (χ1) is 12.6. The topological polar surface area (TPSA) is 73.9 Å². The molecule has 0 aromatic heterocycles. The lowest BCUT2D eigenvalue weighted by Crippen LogP contribution is -2.28. The number of nitrogens with one attached hydrogen (secondary N) is 1. The monoisotopic (exact) mass is 355 g/mol. The van der Waals surface area contributed by atoms with E-state index in [2.05, 4.69) is 5.32 Å². The molecule has 0 aliphatic carbocycles. The molecular weight excluding hydrogens is 334 g/mol. The van der Waals surface area contributed by atoms with E-state index in [0.29, 0.717) is 12.3 Å². The van der Waals surface area contributed by atoms with Crippen LogP contribution in [-0.2, 0) is 20.9 Å². The number of benzene rings is 2. The first-order valence-corrected chi connectivity index (χ1v) is 7.99. The number of esters is 1. The second-order valence-corrected chi connectivity index (χ2v) is 5.34. The number of amides is 1. The van der Waals surface area contributed by atoms with Crippen LogP contribution < -0.4 is 14.8 Å². The van der Waals surface area contributed by atoms with Gasteiger partial charge in [0.05, 0.1) is 14.2 Å². The lowest BCUT2D eigenvalue weighted by Gasteiger charge is -2.07. The summed E-state index contributed by atoms with van der Waals surface area (Å²) in [5, 5.41) is 2.68. The molecule has 0 fully saturated rings. The van der Waals surface area contributed by atoms with E-state index in [0.717, 1.165) is 16.9 Å². The standard InChI is InChI=1S/C20H21NO5/c1-24-17-9-6-15(7-10-17)8-11-20(23)26-14-19(22)21-13-16-4-3-5-18(12-16)25-2/h3-12H,13-14H2,1-2H3,(H,21,22)/b11-8+. The number of rotatable bonds is 8. The maximum absolute atomic E-state index is 11.8. The minimum Gasteiger partial charge on any atom is -0.497 e. The van der Waals surface area contributed by atoms with Gasteiger partial charge in [0.25, 0.3) is 5.91 Å². The minimum atomic E-state index is -0.586. The molecule has 2 rings (SSSR count). The molecule has 136 valence electrons. The Hall–Kier alpha value is -3.28. The van der Waals surface area contributed by atoms with Crippen molar-refractivity contribution in [1.82, 2.24) is 5.32 Å². The average Bonchev–Trinajstić information content (AvgIpc) is 2.69. The molecule has 0 radical (unpaired) electrons. The molecule has 0 atom stereocenters. The van der Waals surface area contributed by atoms with Crippen LogP contribution in [0.1, 0.15) is 11.1 Å². The highest BCUT2D eigenvalue weighted by atomic mass is 16.5. The van der Waals surface area contributed by atoms with Crippen LogP contribution in [0.5, 0.6) is 11.5 Å². The predicted octanol–water partition coefficient (Wildman–Crippen LogP) is 2.58. The van der Waals surface area contributed by atoms with Gasteiger partial charge in [-0.2, -0.15) is 0 Å². The van der Waals surface area contributed by atoms with Crippen molar-refractivity contribution >= 4 is 18.0 Å². The highest BCUT2D eigenvalue weighted by Crippen LogP contribution is 2.13. The lowest BCUT2D eigenvalue weighted by atomic mass is 10.2. The van der Waals surface area contributed by atoms with Gasteiger partial charge in [0.2, 0.25) is 0 Å². The Morgan fingerprint density at radius 1 is 1.00 bits per heavy atom. The number of ether oxygens (including phenoxy) is 3. The summed E-state index contributed by atoms with van der Waals surface area (Å²) in [5.74, 6) is 0.487. The Labute approximate surface area is 152 Å². The van der Waals surface area contributed by atoms with E-state index in [-0.39, 0.29) is 12.5 Å². The lowest BCUT2D eigenvalue weighted by molar-refractivity contribution is -0.143. The summed E-state index contributed by atoms with van der Waals surface area (Å²) in [4.78, 5) is 23.4. The van der Waals surface area contributed by atoms with Crippen LogP contribution in [0.25, 0.3) is 6.08 Å². The van der Waals surface area contributed by atoms with Crippen molar-refractivity contribution in [2.45, 2.75) is 6.54 Å². The average molecular weight is 355 g/mol. The van der Waals surface area contributed by atoms with Gasteiger partial charge >= 0.3 is 5.97 Å². The molecule has 0 saturated carbocycles. The molecular formula is C20H21NO5. The van der Waals surface area contributed by atoms with E-state index < -0.39 is 5.97 Å². The third-order valence-corrected chi connectivity index (χ3v) is 3.50. The van der Waals surface area contributed by atoms with E-state index in [4.69, 9.17) is 14.2 Å². The summed E-state index contributed by atoms with van der Waals surface area (Å²) in [5.41, 5.74) is 1.72. The molecule has 0 aliphatic rings. The van der Waals surface area contributed by atoms with E-state index in [9.17, 15) is 9.59 Å². The number of methoxy groups -OCH3 is 2. The molecule has 1 N–H and O–H groups in total. The Balaban J connectivity index is 1.73. The van der Waals surface area contributed by atoms with Gasteiger partial charge < -0.3 is 19.5 Å². The van der Waals surface area contributed by atoms with E-state index in [1.165, 1.54) is 6.08 Å². The molecule has 6 nitrogen and oxygen atoms in total. The SMILES string of the molecule is COc1ccc(/C=C/C(=O)OCC(=O)NCc2cccc(OC)c2)cc1. The van der Waals surface area contributed by atoms with Crippen LogP contribution in [0.15, 0.2) is 54.6 Å². The zero-order valence-electron chi connectivity index (χ0n) is 14.7. The number of hydrogen-bond donors (Lipinski definition) is 1. The Morgan fingerprint density at radius 2 is 1.73 bits per heavy atom. The third kappa shape index (κ3) is 6.32. The van der Waals surface area contributed by atoms with Crippen molar-refractivity contribution in [3.63, 3.8) is 0 Å². The first-order valence-electron chi connectivity index (χ1n) is 7.99. The largest absolute Gasteiger partial charge is 0.497 e. The minimum absolute atomic E-state index is 0.329. The summed E-state index contributed by atoms with van der Waals surface area (Å²) in [6, 6.07) is 14.5. The fourth-order valence-electron chi connectivity index (χ4n) is 2.10. The first kappa shape index (κ1) is 19.1. The zero-order valence-corrected chi connectivity index (χ0v) is 14.7. The van der Waals surface area contributed by atoms with Gasteiger partial charge in [-0.25, -0.2) is 4.79 Å². The van der Waals surface area contributed by atoms with Crippen LogP contribution >= 0.6 is 0 Å². The maximum Gasteiger partial charge on any atom is 0.331 e. The summed E-state index contributed by atoms with van der Waals surface area (Å²) < 4.78 is 15.1. The van der Waals surface area contributed by atoms with Crippen molar-refractivity contribution in [2.75, 3.05) is 20.8 Å². The van der Waals surface area contributed by atoms with Gasteiger partial charge in [0.1, 0.15) is 11.5 Å². The van der Waals surface area contributed by atoms with Gasteiger partial charge in [0.15, 0.2) is 6.61 Å². The van der Waals surface area contributed by atoms with Gasteiger partial charge in [-0.05, 0) is 41.5 Å². The Kier molecular flexibility index (Phi) is 7.24. The highest BCUT2D eigenvalue weighted by Gasteiger charge is 2.05. The van der Waals surface area contributed by atoms with Crippen LogP contribution in [-0.4, -0.2) is 32.7 Å². The van der Waals surface area contributed by atoms with Crippen molar-refractivity contribution in [1.29, 1.82) is 0 Å². The molecule has 0 spiro atoms. The fraction of sp³-hybridized carbons (Fsp3) is 0.200. The molecule has 26 heavy (non-hydrogen) atoms. The molecule has 6 heteroatoms. The summed E-state index contributed by atoms with van der Waals surface area (Å²) in [7, 11) is 3.16. The summed E-state index contributed by atoms with van der Waals surface area (Å²) >= 11 is 0. The third-order valence-electron chi connectivity index (χ3n) is 3.50. The van der Waals surface area contributed by atoms with E-state index in [1.807, 2.05) is 36.4 Å². The molecule has 0 aliphatic heterocycles. The molecule has 2 aromatic carbocycles. The van der Waals surface area contributed by atoms with Crippen molar-refractivity contribution in [3.05, 3.63) is 65.7 Å². The molecule has 2 aromatic rings. The summed E-state index contributed by atoms with van der Waals surface area (Å²) in [6.07, 6.45) is 2.88. The van der Waals surface area contributed by atoms with E-state index >= 15 is 0 Å². The molecule has 1 amide bonds. The van der Waals surface area contributed by atoms with Crippen molar-refractivity contribution in [2.24, 2.45) is 0 Å². The Morgan fingerprint density at radius 3 is 2.42 bits per heavy atom. The van der Waals surface area contributed by atoms with Gasteiger partial charge in [-0.1, -0.05) is 24.3 Å². The predicted molar refractivity (Wildman–Crippen MR) is 97.8 cm³/mol. The maximum atomic E-state index is 11.8. The molecule has 0 bridgehead atoms. The van der Waals surface area contributed by atoms with Gasteiger partial charge in [-0.3, -0.25) is 4.79 Å². The van der Waals surface area contributed by atoms with Crippen LogP contribution in [0.2, 0.25) is 0 Å². The second kappa shape index (κ2) is 9.88. The number of carbonyl (C=O) groups excluding carboxylic acids is 2. The van der Waals surface area contributed by atoms with Crippen LogP contribution in [0.4, 0.5) is 0 Å². The normalized spacial score (nSPS) is 10.4. The molecule has 0 saturated heterocycles. The number of carbonyl (C=O) groups is 2. The zero-order chi connectivity index (χ0) is 18.8. The quantitative estimate of drug-likeness (QED) is 0.582. The molecule has 0 unspecified atom stereocenters. The van der Waals surface area contributed by atoms with Crippen molar-refractivity contribution in [3.8, 4) is 11.5 Å². The molecule has 0 heterocycles. The van der Waals surface area contributed by atoms with Crippen LogP contribution in [0, 0.1) is 0 Å². The Bertz CT molecular complexity index is 768. The second-order valence-electron chi connectivity index (χ2n) is 5.34. The smallest absolute Gasteiger partial charge is 0.331 e. The van der Waals surface area contributed by atoms with Crippen molar-refractivity contribution < 1.29 is 23.8 Å². The fourth-order valence-corrected chi connectivity index (χ4v) is 2.10. The van der Waals surface area contributed by atoms with E-state index in [1.54, 1.807) is 32.4 Å². The van der Waals surface area contributed by atoms with Gasteiger partial charge in [-0.15, -0.1) is 0 Å².